The first-order valence-electron chi connectivity index (χ1n) is 8.05. The van der Waals surface area contributed by atoms with Crippen LogP contribution < -0.4 is 10.6 Å². The van der Waals surface area contributed by atoms with Gasteiger partial charge in [-0.3, -0.25) is 20.2 Å². The molecule has 1 aromatic heterocycles. The van der Waals surface area contributed by atoms with Crippen LogP contribution in [-0.4, -0.2) is 22.4 Å². The second-order valence-corrected chi connectivity index (χ2v) is 5.87. The molecule has 128 valence electrons. The number of carbonyl (C=O) groups excluding carboxylic acids is 3. The Morgan fingerprint density at radius 1 is 1.12 bits per heavy atom. The van der Waals surface area contributed by atoms with E-state index in [0.29, 0.717) is 0 Å². The molecule has 2 heterocycles. The third kappa shape index (κ3) is 2.76. The first-order valence-corrected chi connectivity index (χ1v) is 8.05. The standard InChI is InChI=1S/C19H19N3O3/c1-4-12-13-9-11(7-8-16(13)22(6-3)15(12)5-2)10-14-17(23)20-19(25)21-18(14)24/h4-5,7-9,14H,1-2,6,10H2,3H3,(H2,20,21,23,24,25). The van der Waals surface area contributed by atoms with E-state index in [9.17, 15) is 14.4 Å². The Kier molecular flexibility index (Phi) is 4.27. The molecule has 0 bridgehead atoms. The monoisotopic (exact) mass is 337 g/mol. The third-order valence-electron chi connectivity index (χ3n) is 4.47. The fourth-order valence-corrected chi connectivity index (χ4v) is 3.32. The summed E-state index contributed by atoms with van der Waals surface area (Å²) in [4.78, 5) is 35.0. The second-order valence-electron chi connectivity index (χ2n) is 5.87. The van der Waals surface area contributed by atoms with E-state index in [-0.39, 0.29) is 6.42 Å². The summed E-state index contributed by atoms with van der Waals surface area (Å²) in [5, 5.41) is 5.25. The minimum atomic E-state index is -0.922. The van der Waals surface area contributed by atoms with Crippen LogP contribution in [0.3, 0.4) is 0 Å². The molecule has 6 nitrogen and oxygen atoms in total. The van der Waals surface area contributed by atoms with Gasteiger partial charge >= 0.3 is 6.03 Å². The van der Waals surface area contributed by atoms with Crippen LogP contribution >= 0.6 is 0 Å². The van der Waals surface area contributed by atoms with Crippen molar-refractivity contribution in [1.29, 1.82) is 0 Å². The minimum absolute atomic E-state index is 0.220. The molecular weight excluding hydrogens is 318 g/mol. The number of hydrogen-bond donors (Lipinski definition) is 2. The molecule has 2 N–H and O–H groups in total. The Labute approximate surface area is 145 Å². The molecule has 25 heavy (non-hydrogen) atoms. The van der Waals surface area contributed by atoms with Crippen molar-refractivity contribution in [1.82, 2.24) is 15.2 Å². The lowest BCUT2D eigenvalue weighted by Crippen LogP contribution is -2.56. The molecule has 4 amide bonds. The number of hydrogen-bond acceptors (Lipinski definition) is 3. The highest BCUT2D eigenvalue weighted by molar-refractivity contribution is 6.16. The number of carbonyl (C=O) groups is 3. The third-order valence-corrected chi connectivity index (χ3v) is 4.47. The van der Waals surface area contributed by atoms with Crippen LogP contribution in [0.4, 0.5) is 4.79 Å². The normalized spacial score (nSPS) is 15.2. The maximum atomic E-state index is 11.9. The Morgan fingerprint density at radius 3 is 2.36 bits per heavy atom. The summed E-state index contributed by atoms with van der Waals surface area (Å²) >= 11 is 0. The largest absolute Gasteiger partial charge is 0.341 e. The number of nitrogens with zero attached hydrogens (tertiary/aromatic N) is 1. The Bertz CT molecular complexity index is 904. The Morgan fingerprint density at radius 2 is 1.80 bits per heavy atom. The van der Waals surface area contributed by atoms with Crippen molar-refractivity contribution >= 4 is 40.9 Å². The first-order chi connectivity index (χ1) is 12.0. The summed E-state index contributed by atoms with van der Waals surface area (Å²) in [6.45, 7) is 10.6. The van der Waals surface area contributed by atoms with Crippen LogP contribution in [0, 0.1) is 5.92 Å². The summed E-state index contributed by atoms with van der Waals surface area (Å²) in [6.07, 6.45) is 3.81. The number of rotatable bonds is 5. The van der Waals surface area contributed by atoms with E-state index >= 15 is 0 Å². The molecule has 1 fully saturated rings. The van der Waals surface area contributed by atoms with E-state index in [2.05, 4.69) is 35.3 Å². The topological polar surface area (TPSA) is 80.2 Å². The summed E-state index contributed by atoms with van der Waals surface area (Å²) < 4.78 is 2.14. The van der Waals surface area contributed by atoms with Crippen molar-refractivity contribution < 1.29 is 14.4 Å². The van der Waals surface area contributed by atoms with Crippen molar-refractivity contribution in [3.8, 4) is 0 Å². The Balaban J connectivity index is 2.03. The minimum Gasteiger partial charge on any atom is -0.341 e. The molecule has 1 saturated heterocycles. The van der Waals surface area contributed by atoms with Crippen LogP contribution in [0.15, 0.2) is 31.4 Å². The molecule has 0 spiro atoms. The van der Waals surface area contributed by atoms with Gasteiger partial charge < -0.3 is 4.57 Å². The zero-order valence-corrected chi connectivity index (χ0v) is 14.0. The van der Waals surface area contributed by atoms with Gasteiger partial charge in [-0.25, -0.2) is 4.79 Å². The Hall–Kier alpha value is -3.15. The smallest absolute Gasteiger partial charge is 0.328 e. The van der Waals surface area contributed by atoms with Crippen LogP contribution in [-0.2, 0) is 22.6 Å². The highest BCUT2D eigenvalue weighted by atomic mass is 16.2. The van der Waals surface area contributed by atoms with Crippen molar-refractivity contribution in [2.24, 2.45) is 5.92 Å². The van der Waals surface area contributed by atoms with Gasteiger partial charge in [0, 0.05) is 28.7 Å². The molecule has 0 radical (unpaired) electrons. The van der Waals surface area contributed by atoms with Crippen molar-refractivity contribution in [3.63, 3.8) is 0 Å². The maximum absolute atomic E-state index is 11.9. The highest BCUT2D eigenvalue weighted by Crippen LogP contribution is 2.30. The zero-order valence-electron chi connectivity index (χ0n) is 14.0. The van der Waals surface area contributed by atoms with Gasteiger partial charge in [-0.05, 0) is 37.1 Å². The maximum Gasteiger partial charge on any atom is 0.328 e. The van der Waals surface area contributed by atoms with Gasteiger partial charge in [0.2, 0.25) is 11.8 Å². The van der Waals surface area contributed by atoms with Gasteiger partial charge in [0.05, 0.1) is 0 Å². The molecule has 0 atom stereocenters. The molecule has 1 aromatic carbocycles. The summed E-state index contributed by atoms with van der Waals surface area (Å²) in [6, 6.07) is 5.05. The number of fused-ring (bicyclic) bond motifs is 1. The summed E-state index contributed by atoms with van der Waals surface area (Å²) in [5.41, 5.74) is 3.85. The van der Waals surface area contributed by atoms with Crippen LogP contribution in [0.1, 0.15) is 23.7 Å². The lowest BCUT2D eigenvalue weighted by Gasteiger charge is -2.20. The number of urea groups is 1. The van der Waals surface area contributed by atoms with E-state index in [1.807, 2.05) is 18.2 Å². The molecule has 6 heteroatoms. The molecular formula is C19H19N3O3. The average Bonchev–Trinajstić information content (AvgIpc) is 2.89. The number of amides is 4. The lowest BCUT2D eigenvalue weighted by atomic mass is 9.95. The number of imide groups is 2. The van der Waals surface area contributed by atoms with Crippen molar-refractivity contribution in [2.45, 2.75) is 19.9 Å². The van der Waals surface area contributed by atoms with Crippen LogP contribution in [0.5, 0.6) is 0 Å². The fourth-order valence-electron chi connectivity index (χ4n) is 3.32. The van der Waals surface area contributed by atoms with E-state index < -0.39 is 23.8 Å². The summed E-state index contributed by atoms with van der Waals surface area (Å²) in [7, 11) is 0. The average molecular weight is 337 g/mol. The van der Waals surface area contributed by atoms with Crippen LogP contribution in [0.2, 0.25) is 0 Å². The molecule has 3 rings (SSSR count). The fraction of sp³-hybridized carbons (Fsp3) is 0.211. The molecule has 0 unspecified atom stereocenters. The molecule has 1 aliphatic heterocycles. The SMILES string of the molecule is C=Cc1c(C=C)n(CC)c2ccc(CC3C(=O)NC(=O)NC3=O)cc12. The van der Waals surface area contributed by atoms with Crippen molar-refractivity contribution in [2.75, 3.05) is 0 Å². The van der Waals surface area contributed by atoms with Crippen LogP contribution in [0.25, 0.3) is 23.1 Å². The van der Waals surface area contributed by atoms with Gasteiger partial charge in [0.1, 0.15) is 5.92 Å². The van der Waals surface area contributed by atoms with Gasteiger partial charge in [0.25, 0.3) is 0 Å². The highest BCUT2D eigenvalue weighted by Gasteiger charge is 2.34. The van der Waals surface area contributed by atoms with E-state index in [4.69, 9.17) is 0 Å². The first kappa shape index (κ1) is 16.7. The van der Waals surface area contributed by atoms with Gasteiger partial charge in [0.15, 0.2) is 0 Å². The lowest BCUT2D eigenvalue weighted by molar-refractivity contribution is -0.135. The van der Waals surface area contributed by atoms with Gasteiger partial charge in [-0.15, -0.1) is 0 Å². The molecule has 2 aromatic rings. The summed E-state index contributed by atoms with van der Waals surface area (Å²) in [5.74, 6) is -2.07. The van der Waals surface area contributed by atoms with Gasteiger partial charge in [-0.2, -0.15) is 0 Å². The quantitative estimate of drug-likeness (QED) is 0.823. The molecule has 0 saturated carbocycles. The number of nitrogens with one attached hydrogen (secondary N) is 2. The molecule has 1 aliphatic rings. The number of barbiturate groups is 1. The predicted molar refractivity (Wildman–Crippen MR) is 96.7 cm³/mol. The number of aromatic nitrogens is 1. The number of benzene rings is 1. The predicted octanol–water partition coefficient (Wildman–Crippen LogP) is 2.47. The zero-order chi connectivity index (χ0) is 18.1. The van der Waals surface area contributed by atoms with Gasteiger partial charge in [-0.1, -0.05) is 25.3 Å². The van der Waals surface area contributed by atoms with E-state index in [1.54, 1.807) is 12.2 Å². The van der Waals surface area contributed by atoms with E-state index in [1.165, 1.54) is 0 Å². The van der Waals surface area contributed by atoms with E-state index in [0.717, 1.165) is 34.3 Å². The number of aryl methyl sites for hydroxylation is 1. The second kappa shape index (κ2) is 6.39. The molecule has 0 aliphatic carbocycles. The van der Waals surface area contributed by atoms with Crippen molar-refractivity contribution in [3.05, 3.63) is 48.2 Å².